The van der Waals surface area contributed by atoms with E-state index >= 15 is 0 Å². The third-order valence-corrected chi connectivity index (χ3v) is 3.35. The molecule has 1 saturated carbocycles. The van der Waals surface area contributed by atoms with Crippen LogP contribution < -0.4 is 5.32 Å². The number of carbonyl (C=O) groups excluding carboxylic acids is 2. The lowest BCUT2D eigenvalue weighted by atomic mass is 10.0. The minimum atomic E-state index is -0.223. The van der Waals surface area contributed by atoms with Gasteiger partial charge in [0.25, 0.3) is 0 Å². The summed E-state index contributed by atoms with van der Waals surface area (Å²) in [6, 6.07) is 5.51. The van der Waals surface area contributed by atoms with E-state index in [1.54, 1.807) is 6.07 Å². The Morgan fingerprint density at radius 2 is 1.79 bits per heavy atom. The number of hydrogen-bond acceptors (Lipinski definition) is 2. The normalized spacial score (nSPS) is 15.0. The fourth-order valence-electron chi connectivity index (χ4n) is 1.75. The SMILES string of the molecule is CC.CC(=O)c1cc(C)ccc1NC(=O)C1(C)CC1. The van der Waals surface area contributed by atoms with Gasteiger partial charge in [-0.25, -0.2) is 0 Å². The standard InChI is InChI=1S/C14H17NO2.C2H6/c1-9-4-5-12(11(8-9)10(2)16)15-13(17)14(3)6-7-14;1-2/h4-5,8H,6-7H2,1-3H3,(H,15,17);1-2H3. The molecule has 3 nitrogen and oxygen atoms in total. The van der Waals surface area contributed by atoms with Gasteiger partial charge in [-0.1, -0.05) is 32.4 Å². The Morgan fingerprint density at radius 3 is 2.26 bits per heavy atom. The molecule has 1 aliphatic carbocycles. The number of rotatable bonds is 3. The van der Waals surface area contributed by atoms with E-state index in [1.807, 2.05) is 39.8 Å². The van der Waals surface area contributed by atoms with Crippen LogP contribution in [0.15, 0.2) is 18.2 Å². The molecule has 0 unspecified atom stereocenters. The summed E-state index contributed by atoms with van der Waals surface area (Å²) in [4.78, 5) is 23.4. The highest BCUT2D eigenvalue weighted by Gasteiger charge is 2.45. The summed E-state index contributed by atoms with van der Waals surface area (Å²) in [5, 5.41) is 2.86. The van der Waals surface area contributed by atoms with Crippen molar-refractivity contribution in [1.82, 2.24) is 0 Å². The highest BCUT2D eigenvalue weighted by molar-refractivity contribution is 6.05. The molecule has 104 valence electrons. The molecular formula is C16H23NO2. The lowest BCUT2D eigenvalue weighted by Gasteiger charge is -2.13. The van der Waals surface area contributed by atoms with Crippen LogP contribution in [-0.2, 0) is 4.79 Å². The van der Waals surface area contributed by atoms with Gasteiger partial charge in [0.1, 0.15) is 0 Å². The molecule has 0 aliphatic heterocycles. The van der Waals surface area contributed by atoms with Gasteiger partial charge >= 0.3 is 0 Å². The molecule has 2 rings (SSSR count). The van der Waals surface area contributed by atoms with E-state index < -0.39 is 0 Å². The van der Waals surface area contributed by atoms with Gasteiger partial charge in [-0.15, -0.1) is 0 Å². The second-order valence-corrected chi connectivity index (χ2v) is 5.12. The maximum Gasteiger partial charge on any atom is 0.230 e. The van der Waals surface area contributed by atoms with Crippen LogP contribution in [-0.4, -0.2) is 11.7 Å². The molecular weight excluding hydrogens is 238 g/mol. The molecule has 0 aromatic heterocycles. The summed E-state index contributed by atoms with van der Waals surface area (Å²) in [7, 11) is 0. The number of nitrogens with one attached hydrogen (secondary N) is 1. The van der Waals surface area contributed by atoms with E-state index in [0.29, 0.717) is 11.3 Å². The highest BCUT2D eigenvalue weighted by Crippen LogP contribution is 2.45. The third-order valence-electron chi connectivity index (χ3n) is 3.35. The molecule has 1 aromatic rings. The van der Waals surface area contributed by atoms with E-state index in [4.69, 9.17) is 0 Å². The van der Waals surface area contributed by atoms with Crippen molar-refractivity contribution in [3.63, 3.8) is 0 Å². The first kappa shape index (κ1) is 15.4. The van der Waals surface area contributed by atoms with Gasteiger partial charge in [0.2, 0.25) is 5.91 Å². The molecule has 0 heterocycles. The third kappa shape index (κ3) is 3.66. The molecule has 0 bridgehead atoms. The molecule has 1 N–H and O–H groups in total. The van der Waals surface area contributed by atoms with Gasteiger partial charge in [0.15, 0.2) is 5.78 Å². The zero-order valence-corrected chi connectivity index (χ0v) is 12.5. The zero-order valence-electron chi connectivity index (χ0n) is 12.5. The lowest BCUT2D eigenvalue weighted by molar-refractivity contribution is -0.120. The number of Topliss-reactive ketones (excluding diaryl/α,β-unsaturated/α-hetero) is 1. The van der Waals surface area contributed by atoms with Crippen molar-refractivity contribution < 1.29 is 9.59 Å². The van der Waals surface area contributed by atoms with Crippen molar-refractivity contribution in [3.05, 3.63) is 29.3 Å². The fraction of sp³-hybridized carbons (Fsp3) is 0.500. The van der Waals surface area contributed by atoms with E-state index in [9.17, 15) is 9.59 Å². The Balaban J connectivity index is 0.000000861. The summed E-state index contributed by atoms with van der Waals surface area (Å²) >= 11 is 0. The Labute approximate surface area is 115 Å². The number of carbonyl (C=O) groups is 2. The maximum absolute atomic E-state index is 11.9. The molecule has 1 fully saturated rings. The van der Waals surface area contributed by atoms with Crippen molar-refractivity contribution in [2.75, 3.05) is 5.32 Å². The molecule has 1 aliphatic rings. The fourth-order valence-corrected chi connectivity index (χ4v) is 1.75. The van der Waals surface area contributed by atoms with Gasteiger partial charge in [0, 0.05) is 11.0 Å². The second-order valence-electron chi connectivity index (χ2n) is 5.12. The Kier molecular flexibility index (Phi) is 4.87. The van der Waals surface area contributed by atoms with E-state index in [0.717, 1.165) is 18.4 Å². The molecule has 0 spiro atoms. The average molecular weight is 261 g/mol. The molecule has 0 atom stereocenters. The van der Waals surface area contributed by atoms with E-state index in [-0.39, 0.29) is 17.1 Å². The molecule has 0 saturated heterocycles. The largest absolute Gasteiger partial charge is 0.325 e. The molecule has 19 heavy (non-hydrogen) atoms. The molecule has 1 aromatic carbocycles. The van der Waals surface area contributed by atoms with Crippen molar-refractivity contribution in [3.8, 4) is 0 Å². The predicted octanol–water partition coefficient (Wildman–Crippen LogP) is 3.96. The van der Waals surface area contributed by atoms with Crippen LogP contribution in [0.1, 0.15) is 56.5 Å². The van der Waals surface area contributed by atoms with Crippen LogP contribution in [0.2, 0.25) is 0 Å². The first-order valence-corrected chi connectivity index (χ1v) is 6.85. The Hall–Kier alpha value is -1.64. The van der Waals surface area contributed by atoms with Crippen LogP contribution >= 0.6 is 0 Å². The first-order chi connectivity index (χ1) is 8.92. The van der Waals surface area contributed by atoms with E-state index in [2.05, 4.69) is 5.32 Å². The van der Waals surface area contributed by atoms with Crippen molar-refractivity contribution in [2.24, 2.45) is 5.41 Å². The smallest absolute Gasteiger partial charge is 0.230 e. The minimum Gasteiger partial charge on any atom is -0.325 e. The van der Waals surface area contributed by atoms with Crippen molar-refractivity contribution >= 4 is 17.4 Å². The minimum absolute atomic E-state index is 0.0175. The monoisotopic (exact) mass is 261 g/mol. The van der Waals surface area contributed by atoms with Gasteiger partial charge in [-0.3, -0.25) is 9.59 Å². The highest BCUT2D eigenvalue weighted by atomic mass is 16.2. The number of anilines is 1. The number of benzene rings is 1. The first-order valence-electron chi connectivity index (χ1n) is 6.85. The average Bonchev–Trinajstić information content (AvgIpc) is 3.13. The number of hydrogen-bond donors (Lipinski definition) is 1. The number of amides is 1. The summed E-state index contributed by atoms with van der Waals surface area (Å²) in [6.07, 6.45) is 1.86. The van der Waals surface area contributed by atoms with Gasteiger partial charge < -0.3 is 5.32 Å². The second kappa shape index (κ2) is 6.00. The summed E-state index contributed by atoms with van der Waals surface area (Å²) < 4.78 is 0. The Bertz CT molecular complexity index is 488. The summed E-state index contributed by atoms with van der Waals surface area (Å²) in [5.74, 6) is -0.00574. The van der Waals surface area contributed by atoms with Crippen LogP contribution in [0, 0.1) is 12.3 Å². The molecule has 0 radical (unpaired) electrons. The summed E-state index contributed by atoms with van der Waals surface area (Å²) in [5.41, 5.74) is 2.01. The maximum atomic E-state index is 11.9. The molecule has 1 amide bonds. The van der Waals surface area contributed by atoms with Gasteiger partial charge in [-0.2, -0.15) is 0 Å². The summed E-state index contributed by atoms with van der Waals surface area (Å²) in [6.45, 7) is 9.40. The van der Waals surface area contributed by atoms with E-state index in [1.165, 1.54) is 6.92 Å². The van der Waals surface area contributed by atoms with Crippen LogP contribution in [0.4, 0.5) is 5.69 Å². The van der Waals surface area contributed by atoms with Crippen LogP contribution in [0.3, 0.4) is 0 Å². The number of ketones is 1. The van der Waals surface area contributed by atoms with Crippen molar-refractivity contribution in [1.29, 1.82) is 0 Å². The Morgan fingerprint density at radius 1 is 1.21 bits per heavy atom. The van der Waals surface area contributed by atoms with Crippen LogP contribution in [0.25, 0.3) is 0 Å². The lowest BCUT2D eigenvalue weighted by Crippen LogP contribution is -2.22. The van der Waals surface area contributed by atoms with Gasteiger partial charge in [-0.05, 0) is 38.8 Å². The topological polar surface area (TPSA) is 46.2 Å². The predicted molar refractivity (Wildman–Crippen MR) is 78.5 cm³/mol. The van der Waals surface area contributed by atoms with Crippen LogP contribution in [0.5, 0.6) is 0 Å². The molecule has 3 heteroatoms. The van der Waals surface area contributed by atoms with Crippen molar-refractivity contribution in [2.45, 2.75) is 47.5 Å². The quantitative estimate of drug-likeness (QED) is 0.837. The number of aryl methyl sites for hydroxylation is 1. The van der Waals surface area contributed by atoms with Gasteiger partial charge in [0.05, 0.1) is 5.69 Å². The zero-order chi connectivity index (χ0) is 14.6.